The molecule has 1 aliphatic heterocycles. The summed E-state index contributed by atoms with van der Waals surface area (Å²) in [6.45, 7) is 7.64. The van der Waals surface area contributed by atoms with Gasteiger partial charge in [0.15, 0.2) is 0 Å². The summed E-state index contributed by atoms with van der Waals surface area (Å²) < 4.78 is 0. The van der Waals surface area contributed by atoms with Gasteiger partial charge in [0.2, 0.25) is 11.8 Å². The predicted octanol–water partition coefficient (Wildman–Crippen LogP) is 4.60. The lowest BCUT2D eigenvalue weighted by Gasteiger charge is -2.31. The Bertz CT molecular complexity index is 791. The Hall–Kier alpha value is -2.14. The van der Waals surface area contributed by atoms with Crippen LogP contribution in [0.3, 0.4) is 0 Å². The highest BCUT2D eigenvalue weighted by molar-refractivity contribution is 7.10. The Labute approximate surface area is 165 Å². The van der Waals surface area contributed by atoms with Crippen LogP contribution in [0.2, 0.25) is 0 Å². The van der Waals surface area contributed by atoms with E-state index in [9.17, 15) is 9.59 Å². The summed E-state index contributed by atoms with van der Waals surface area (Å²) in [5, 5.41) is 5.17. The first-order valence-electron chi connectivity index (χ1n) is 9.66. The highest BCUT2D eigenvalue weighted by atomic mass is 32.1. The molecule has 0 radical (unpaired) electrons. The summed E-state index contributed by atoms with van der Waals surface area (Å²) in [6.07, 6.45) is 1.92. The standard InChI is InChI=1S/C22H28N2O2S/c1-15(2)19-8-4-6-16(3)21(19)23-22(26)17-9-11-24(12-10-17)20(25)14-18-7-5-13-27-18/h4-8,13,15,17H,9-12,14H2,1-3H3,(H,23,26). The van der Waals surface area contributed by atoms with Crippen LogP contribution < -0.4 is 5.32 Å². The molecule has 2 heterocycles. The number of piperidine rings is 1. The van der Waals surface area contributed by atoms with E-state index in [2.05, 4.69) is 25.2 Å². The molecule has 0 unspecified atom stereocenters. The minimum Gasteiger partial charge on any atom is -0.342 e. The zero-order chi connectivity index (χ0) is 19.4. The second kappa shape index (κ2) is 8.70. The van der Waals surface area contributed by atoms with Crippen molar-refractivity contribution in [3.05, 3.63) is 51.7 Å². The van der Waals surface area contributed by atoms with Crippen LogP contribution in [0.1, 0.15) is 48.6 Å². The molecule has 144 valence electrons. The second-order valence-corrected chi connectivity index (χ2v) is 8.63. The number of carbonyl (C=O) groups excluding carboxylic acids is 2. The maximum atomic E-state index is 12.8. The predicted molar refractivity (Wildman–Crippen MR) is 111 cm³/mol. The molecule has 3 rings (SSSR count). The van der Waals surface area contributed by atoms with Gasteiger partial charge in [0.25, 0.3) is 0 Å². The molecule has 0 saturated carbocycles. The fraction of sp³-hybridized carbons (Fsp3) is 0.455. The van der Waals surface area contributed by atoms with Crippen molar-refractivity contribution in [2.75, 3.05) is 18.4 Å². The molecule has 1 N–H and O–H groups in total. The third-order valence-corrected chi connectivity index (χ3v) is 6.18. The van der Waals surface area contributed by atoms with Gasteiger partial charge in [0.05, 0.1) is 6.42 Å². The first-order valence-corrected chi connectivity index (χ1v) is 10.5. The number of nitrogens with one attached hydrogen (secondary N) is 1. The number of para-hydroxylation sites is 1. The summed E-state index contributed by atoms with van der Waals surface area (Å²) in [6, 6.07) is 10.1. The number of nitrogens with zero attached hydrogens (tertiary/aromatic N) is 1. The van der Waals surface area contributed by atoms with Crippen molar-refractivity contribution in [2.45, 2.75) is 46.0 Å². The Morgan fingerprint density at radius 1 is 1.19 bits per heavy atom. The Morgan fingerprint density at radius 2 is 1.93 bits per heavy atom. The van der Waals surface area contributed by atoms with Crippen molar-refractivity contribution in [3.8, 4) is 0 Å². The van der Waals surface area contributed by atoms with Crippen LogP contribution >= 0.6 is 11.3 Å². The lowest BCUT2D eigenvalue weighted by Crippen LogP contribution is -2.42. The largest absolute Gasteiger partial charge is 0.342 e. The van der Waals surface area contributed by atoms with Gasteiger partial charge in [0.1, 0.15) is 0 Å². The Kier molecular flexibility index (Phi) is 6.32. The summed E-state index contributed by atoms with van der Waals surface area (Å²) in [5.74, 6) is 0.571. The number of anilines is 1. The maximum Gasteiger partial charge on any atom is 0.227 e. The van der Waals surface area contributed by atoms with Crippen molar-refractivity contribution in [3.63, 3.8) is 0 Å². The molecular weight excluding hydrogens is 356 g/mol. The normalized spacial score (nSPS) is 15.2. The number of carbonyl (C=O) groups is 2. The van der Waals surface area contributed by atoms with Gasteiger partial charge in [-0.2, -0.15) is 0 Å². The maximum absolute atomic E-state index is 12.8. The van der Waals surface area contributed by atoms with Gasteiger partial charge < -0.3 is 10.2 Å². The summed E-state index contributed by atoms with van der Waals surface area (Å²) in [5.41, 5.74) is 3.22. The van der Waals surface area contributed by atoms with Crippen LogP contribution in [-0.2, 0) is 16.0 Å². The number of rotatable bonds is 5. The molecule has 0 spiro atoms. The smallest absolute Gasteiger partial charge is 0.227 e. The van der Waals surface area contributed by atoms with E-state index in [-0.39, 0.29) is 17.7 Å². The van der Waals surface area contributed by atoms with Crippen LogP contribution in [0.4, 0.5) is 5.69 Å². The lowest BCUT2D eigenvalue weighted by atomic mass is 9.94. The highest BCUT2D eigenvalue weighted by Gasteiger charge is 2.28. The van der Waals surface area contributed by atoms with Gasteiger partial charge in [-0.05, 0) is 48.3 Å². The minimum atomic E-state index is -0.0320. The van der Waals surface area contributed by atoms with Crippen molar-refractivity contribution in [1.82, 2.24) is 4.90 Å². The fourth-order valence-corrected chi connectivity index (χ4v) is 4.33. The number of hydrogen-bond donors (Lipinski definition) is 1. The molecule has 1 aromatic heterocycles. The zero-order valence-corrected chi connectivity index (χ0v) is 17.1. The van der Waals surface area contributed by atoms with Crippen molar-refractivity contribution < 1.29 is 9.59 Å². The molecule has 1 saturated heterocycles. The van der Waals surface area contributed by atoms with Crippen LogP contribution in [0, 0.1) is 12.8 Å². The number of benzene rings is 1. The quantitative estimate of drug-likeness (QED) is 0.819. The summed E-state index contributed by atoms with van der Waals surface area (Å²) in [4.78, 5) is 28.2. The topological polar surface area (TPSA) is 49.4 Å². The molecular formula is C22H28N2O2S. The number of amides is 2. The molecule has 27 heavy (non-hydrogen) atoms. The summed E-state index contributed by atoms with van der Waals surface area (Å²) in [7, 11) is 0. The number of hydrogen-bond acceptors (Lipinski definition) is 3. The van der Waals surface area contributed by atoms with E-state index in [4.69, 9.17) is 0 Å². The molecule has 2 amide bonds. The highest BCUT2D eigenvalue weighted by Crippen LogP contribution is 2.29. The molecule has 1 aliphatic rings. The van der Waals surface area contributed by atoms with Crippen LogP contribution in [0.25, 0.3) is 0 Å². The van der Waals surface area contributed by atoms with Crippen molar-refractivity contribution >= 4 is 28.8 Å². The molecule has 2 aromatic rings. The molecule has 4 nitrogen and oxygen atoms in total. The van der Waals surface area contributed by atoms with Gasteiger partial charge >= 0.3 is 0 Å². The number of likely N-dealkylation sites (tertiary alicyclic amines) is 1. The first-order chi connectivity index (χ1) is 13.0. The van der Waals surface area contributed by atoms with Crippen LogP contribution in [0.15, 0.2) is 35.7 Å². The van der Waals surface area contributed by atoms with Crippen molar-refractivity contribution in [2.24, 2.45) is 5.92 Å². The third kappa shape index (κ3) is 4.78. The molecule has 5 heteroatoms. The van der Waals surface area contributed by atoms with Crippen molar-refractivity contribution in [1.29, 1.82) is 0 Å². The molecule has 0 bridgehead atoms. The van der Waals surface area contributed by atoms with E-state index >= 15 is 0 Å². The molecule has 0 atom stereocenters. The fourth-order valence-electron chi connectivity index (χ4n) is 3.63. The zero-order valence-electron chi connectivity index (χ0n) is 16.3. The Balaban J connectivity index is 1.57. The van der Waals surface area contributed by atoms with Gasteiger partial charge in [-0.1, -0.05) is 38.1 Å². The Morgan fingerprint density at radius 3 is 2.56 bits per heavy atom. The van der Waals surface area contributed by atoms with Crippen LogP contribution in [-0.4, -0.2) is 29.8 Å². The second-order valence-electron chi connectivity index (χ2n) is 7.59. The van der Waals surface area contributed by atoms with Gasteiger partial charge in [0, 0.05) is 29.6 Å². The third-order valence-electron chi connectivity index (χ3n) is 5.30. The molecule has 1 fully saturated rings. The summed E-state index contributed by atoms with van der Waals surface area (Å²) >= 11 is 1.62. The average molecular weight is 385 g/mol. The molecule has 1 aromatic carbocycles. The lowest BCUT2D eigenvalue weighted by molar-refractivity contribution is -0.133. The first kappa shape index (κ1) is 19.6. The van der Waals surface area contributed by atoms with Gasteiger partial charge in [-0.15, -0.1) is 11.3 Å². The van der Waals surface area contributed by atoms with Crippen LogP contribution in [0.5, 0.6) is 0 Å². The van der Waals surface area contributed by atoms with E-state index < -0.39 is 0 Å². The number of aryl methyl sites for hydroxylation is 1. The van der Waals surface area contributed by atoms with E-state index in [1.807, 2.05) is 41.5 Å². The van der Waals surface area contributed by atoms with E-state index in [1.54, 1.807) is 11.3 Å². The monoisotopic (exact) mass is 384 g/mol. The molecule has 0 aliphatic carbocycles. The number of thiophene rings is 1. The van der Waals surface area contributed by atoms with Gasteiger partial charge in [-0.25, -0.2) is 0 Å². The van der Waals surface area contributed by atoms with E-state index in [1.165, 1.54) is 5.56 Å². The van der Waals surface area contributed by atoms with Gasteiger partial charge in [-0.3, -0.25) is 9.59 Å². The van der Waals surface area contributed by atoms with E-state index in [0.29, 0.717) is 25.4 Å². The minimum absolute atomic E-state index is 0.0320. The van der Waals surface area contributed by atoms with E-state index in [0.717, 1.165) is 29.0 Å². The SMILES string of the molecule is Cc1cccc(C(C)C)c1NC(=O)C1CCN(C(=O)Cc2cccs2)CC1. The average Bonchev–Trinajstić information content (AvgIpc) is 3.16.